The molecule has 1 N–H and O–H groups in total. The molecule has 22 heavy (non-hydrogen) atoms. The number of para-hydroxylation sites is 1. The van der Waals surface area contributed by atoms with Crippen molar-refractivity contribution in [3.05, 3.63) is 42.5 Å². The highest BCUT2D eigenvalue weighted by Crippen LogP contribution is 2.26. The summed E-state index contributed by atoms with van der Waals surface area (Å²) in [6, 6.07) is 9.91. The first-order valence-electron chi connectivity index (χ1n) is 8.04. The van der Waals surface area contributed by atoms with Crippen molar-refractivity contribution in [1.29, 1.82) is 0 Å². The molecule has 1 aromatic heterocycles. The summed E-state index contributed by atoms with van der Waals surface area (Å²) >= 11 is 0. The van der Waals surface area contributed by atoms with Crippen LogP contribution >= 0.6 is 0 Å². The summed E-state index contributed by atoms with van der Waals surface area (Å²) in [5.74, 6) is 1.43. The molecule has 5 heteroatoms. The van der Waals surface area contributed by atoms with Crippen LogP contribution in [-0.2, 0) is 11.3 Å². The molecule has 1 heterocycles. The molecule has 0 spiro atoms. The van der Waals surface area contributed by atoms with Gasteiger partial charge < -0.3 is 5.32 Å². The van der Waals surface area contributed by atoms with E-state index in [1.165, 1.54) is 32.1 Å². The average molecular weight is 298 g/mol. The maximum absolute atomic E-state index is 12.1. The van der Waals surface area contributed by atoms with Crippen molar-refractivity contribution in [2.24, 2.45) is 5.92 Å². The Kier molecular flexibility index (Phi) is 4.83. The van der Waals surface area contributed by atoms with Crippen LogP contribution in [0, 0.1) is 5.92 Å². The highest BCUT2D eigenvalue weighted by molar-refractivity contribution is 5.76. The molecule has 1 amide bonds. The second-order valence-corrected chi connectivity index (χ2v) is 5.94. The fraction of sp³-hybridized carbons (Fsp3) is 0.471. The fourth-order valence-corrected chi connectivity index (χ4v) is 3.09. The van der Waals surface area contributed by atoms with Gasteiger partial charge in [-0.25, -0.2) is 0 Å². The van der Waals surface area contributed by atoms with E-state index >= 15 is 0 Å². The number of nitrogens with one attached hydrogen (secondary N) is 1. The average Bonchev–Trinajstić information content (AvgIpc) is 3.03. The first kappa shape index (κ1) is 14.8. The van der Waals surface area contributed by atoms with Crippen molar-refractivity contribution < 1.29 is 4.79 Å². The molecule has 1 aliphatic carbocycles. The predicted molar refractivity (Wildman–Crippen MR) is 84.4 cm³/mol. The van der Waals surface area contributed by atoms with E-state index in [4.69, 9.17) is 0 Å². The van der Waals surface area contributed by atoms with E-state index in [0.717, 1.165) is 11.5 Å². The van der Waals surface area contributed by atoms with Crippen LogP contribution in [0.1, 0.15) is 44.3 Å². The largest absolute Gasteiger partial charge is 0.349 e. The lowest BCUT2D eigenvalue weighted by Gasteiger charge is -2.20. The van der Waals surface area contributed by atoms with Crippen LogP contribution in [0.15, 0.2) is 36.7 Å². The normalized spacial score (nSPS) is 15.6. The Bertz CT molecular complexity index is 602. The topological polar surface area (TPSA) is 59.8 Å². The minimum Gasteiger partial charge on any atom is -0.349 e. The minimum absolute atomic E-state index is 0.120. The van der Waals surface area contributed by atoms with Crippen LogP contribution in [0.25, 0.3) is 5.69 Å². The van der Waals surface area contributed by atoms with Gasteiger partial charge in [-0.1, -0.05) is 37.5 Å². The van der Waals surface area contributed by atoms with Crippen molar-refractivity contribution >= 4 is 5.91 Å². The number of hydrogen-bond acceptors (Lipinski definition) is 3. The summed E-state index contributed by atoms with van der Waals surface area (Å²) in [6.45, 7) is 0.417. The van der Waals surface area contributed by atoms with Crippen molar-refractivity contribution in [3.8, 4) is 5.69 Å². The summed E-state index contributed by atoms with van der Waals surface area (Å²) in [6.07, 6.45) is 8.54. The number of rotatable bonds is 5. The quantitative estimate of drug-likeness (QED) is 0.923. The summed E-state index contributed by atoms with van der Waals surface area (Å²) in [4.78, 5) is 12.1. The van der Waals surface area contributed by atoms with E-state index in [2.05, 4.69) is 15.5 Å². The molecule has 3 rings (SSSR count). The molecule has 1 fully saturated rings. The van der Waals surface area contributed by atoms with E-state index in [1.807, 2.05) is 34.9 Å². The first-order valence-corrected chi connectivity index (χ1v) is 8.04. The highest BCUT2D eigenvalue weighted by atomic mass is 16.1. The van der Waals surface area contributed by atoms with E-state index in [1.54, 1.807) is 6.33 Å². The van der Waals surface area contributed by atoms with Crippen LogP contribution in [0.4, 0.5) is 0 Å². The highest BCUT2D eigenvalue weighted by Gasteiger charge is 2.17. The molecular weight excluding hydrogens is 276 g/mol. The Hall–Kier alpha value is -2.17. The smallest absolute Gasteiger partial charge is 0.220 e. The molecule has 0 unspecified atom stereocenters. The number of amides is 1. The van der Waals surface area contributed by atoms with Gasteiger partial charge >= 0.3 is 0 Å². The summed E-state index contributed by atoms with van der Waals surface area (Å²) in [5, 5.41) is 11.0. The van der Waals surface area contributed by atoms with Gasteiger partial charge in [0, 0.05) is 12.1 Å². The van der Waals surface area contributed by atoms with Gasteiger partial charge in [0.15, 0.2) is 5.82 Å². The second kappa shape index (κ2) is 7.20. The molecule has 1 saturated carbocycles. The predicted octanol–water partition coefficient (Wildman–Crippen LogP) is 2.85. The standard InChI is InChI=1S/C17H22N4O/c22-17(11-14-7-3-1-4-8-14)18-12-16-20-19-13-21(16)15-9-5-2-6-10-15/h2,5-6,9-10,13-14H,1,3-4,7-8,11-12H2,(H,18,22). The number of aromatic nitrogens is 3. The molecular formula is C17H22N4O. The monoisotopic (exact) mass is 298 g/mol. The van der Waals surface area contributed by atoms with Crippen LogP contribution in [0.5, 0.6) is 0 Å². The van der Waals surface area contributed by atoms with Crippen LogP contribution in [0.2, 0.25) is 0 Å². The Balaban J connectivity index is 1.55. The fourth-order valence-electron chi connectivity index (χ4n) is 3.09. The van der Waals surface area contributed by atoms with Gasteiger partial charge in [0.2, 0.25) is 5.91 Å². The van der Waals surface area contributed by atoms with Gasteiger partial charge in [0.05, 0.1) is 6.54 Å². The zero-order valence-electron chi connectivity index (χ0n) is 12.7. The number of benzene rings is 1. The summed E-state index contributed by atoms with van der Waals surface area (Å²) < 4.78 is 1.90. The molecule has 0 atom stereocenters. The van der Waals surface area contributed by atoms with Gasteiger partial charge in [0.25, 0.3) is 0 Å². The maximum atomic E-state index is 12.1. The van der Waals surface area contributed by atoms with Gasteiger partial charge in [0.1, 0.15) is 6.33 Å². The van der Waals surface area contributed by atoms with Gasteiger partial charge in [-0.3, -0.25) is 9.36 Å². The molecule has 5 nitrogen and oxygen atoms in total. The van der Waals surface area contributed by atoms with Crippen LogP contribution < -0.4 is 5.32 Å². The Labute approximate surface area is 130 Å². The molecule has 0 aliphatic heterocycles. The molecule has 2 aromatic rings. The van der Waals surface area contributed by atoms with Crippen molar-refractivity contribution in [2.75, 3.05) is 0 Å². The van der Waals surface area contributed by atoms with Gasteiger partial charge in [-0.05, 0) is 30.9 Å². The lowest BCUT2D eigenvalue weighted by molar-refractivity contribution is -0.122. The second-order valence-electron chi connectivity index (χ2n) is 5.94. The Morgan fingerprint density at radius 2 is 1.95 bits per heavy atom. The van der Waals surface area contributed by atoms with Crippen molar-refractivity contribution in [1.82, 2.24) is 20.1 Å². The van der Waals surface area contributed by atoms with Gasteiger partial charge in [-0.15, -0.1) is 10.2 Å². The number of hydrogen-bond donors (Lipinski definition) is 1. The Morgan fingerprint density at radius 3 is 2.73 bits per heavy atom. The molecule has 0 saturated heterocycles. The molecule has 1 aromatic carbocycles. The lowest BCUT2D eigenvalue weighted by Crippen LogP contribution is -2.27. The van der Waals surface area contributed by atoms with E-state index in [9.17, 15) is 4.79 Å². The van der Waals surface area contributed by atoms with E-state index in [-0.39, 0.29) is 5.91 Å². The SMILES string of the molecule is O=C(CC1CCCCC1)NCc1nncn1-c1ccccc1. The van der Waals surface area contributed by atoms with Crippen molar-refractivity contribution in [3.63, 3.8) is 0 Å². The third-order valence-corrected chi connectivity index (χ3v) is 4.30. The minimum atomic E-state index is 0.120. The number of carbonyl (C=O) groups is 1. The van der Waals surface area contributed by atoms with E-state index in [0.29, 0.717) is 18.9 Å². The van der Waals surface area contributed by atoms with Gasteiger partial charge in [-0.2, -0.15) is 0 Å². The summed E-state index contributed by atoms with van der Waals surface area (Å²) in [7, 11) is 0. The maximum Gasteiger partial charge on any atom is 0.220 e. The molecule has 116 valence electrons. The third kappa shape index (κ3) is 3.72. The molecule has 1 aliphatic rings. The first-order chi connectivity index (χ1) is 10.8. The third-order valence-electron chi connectivity index (χ3n) is 4.30. The zero-order valence-corrected chi connectivity index (χ0v) is 12.7. The lowest BCUT2D eigenvalue weighted by atomic mass is 9.87. The molecule has 0 bridgehead atoms. The van der Waals surface area contributed by atoms with Crippen LogP contribution in [-0.4, -0.2) is 20.7 Å². The number of carbonyl (C=O) groups excluding carboxylic acids is 1. The van der Waals surface area contributed by atoms with E-state index < -0.39 is 0 Å². The van der Waals surface area contributed by atoms with Crippen LogP contribution in [0.3, 0.4) is 0 Å². The summed E-state index contributed by atoms with van der Waals surface area (Å²) in [5.41, 5.74) is 1.00. The zero-order chi connectivity index (χ0) is 15.2. The van der Waals surface area contributed by atoms with Crippen molar-refractivity contribution in [2.45, 2.75) is 45.1 Å². The number of nitrogens with zero attached hydrogens (tertiary/aromatic N) is 3. The molecule has 0 radical (unpaired) electrons. The Morgan fingerprint density at radius 1 is 1.18 bits per heavy atom.